The summed E-state index contributed by atoms with van der Waals surface area (Å²) in [5.41, 5.74) is 0. The van der Waals surface area contributed by atoms with E-state index in [2.05, 4.69) is 29.4 Å². The van der Waals surface area contributed by atoms with Gasteiger partial charge in [0.1, 0.15) is 0 Å². The van der Waals surface area contributed by atoms with Crippen molar-refractivity contribution in [1.82, 2.24) is 15.5 Å². The van der Waals surface area contributed by atoms with Gasteiger partial charge < -0.3 is 9.73 Å². The van der Waals surface area contributed by atoms with E-state index in [-0.39, 0.29) is 0 Å². The van der Waals surface area contributed by atoms with Gasteiger partial charge in [0.25, 0.3) is 0 Å². The predicted octanol–water partition coefficient (Wildman–Crippen LogP) is 1.83. The zero-order valence-corrected chi connectivity index (χ0v) is 10.7. The fourth-order valence-corrected chi connectivity index (χ4v) is 2.94. The average Bonchev–Trinajstić information content (AvgIpc) is 2.85. The summed E-state index contributed by atoms with van der Waals surface area (Å²) in [5.74, 6) is 4.44. The minimum absolute atomic E-state index is 0.490. The molecule has 5 heteroatoms. The molecule has 1 aromatic heterocycles. The third kappa shape index (κ3) is 3.22. The molecule has 0 amide bonds. The van der Waals surface area contributed by atoms with Crippen LogP contribution in [0.1, 0.15) is 38.0 Å². The molecule has 4 nitrogen and oxygen atoms in total. The van der Waals surface area contributed by atoms with Crippen LogP contribution in [0, 0.1) is 0 Å². The Balaban J connectivity index is 1.82. The molecule has 1 fully saturated rings. The molecule has 0 aliphatic carbocycles. The maximum atomic E-state index is 5.67. The van der Waals surface area contributed by atoms with Crippen molar-refractivity contribution in [2.24, 2.45) is 0 Å². The van der Waals surface area contributed by atoms with Crippen LogP contribution in [0.5, 0.6) is 0 Å². The Morgan fingerprint density at radius 1 is 1.50 bits per heavy atom. The lowest BCUT2D eigenvalue weighted by atomic mass is 10.1. The fourth-order valence-electron chi connectivity index (χ4n) is 1.73. The van der Waals surface area contributed by atoms with Crippen LogP contribution < -0.4 is 5.32 Å². The van der Waals surface area contributed by atoms with Crippen LogP contribution in [0.25, 0.3) is 0 Å². The van der Waals surface area contributed by atoms with Gasteiger partial charge in [0, 0.05) is 30.7 Å². The highest BCUT2D eigenvalue weighted by molar-refractivity contribution is 7.99. The van der Waals surface area contributed by atoms with Gasteiger partial charge in [-0.25, -0.2) is 0 Å². The van der Waals surface area contributed by atoms with Crippen LogP contribution >= 0.6 is 11.8 Å². The first-order chi connectivity index (χ1) is 7.75. The number of rotatable bonds is 5. The highest BCUT2D eigenvalue weighted by Crippen LogP contribution is 2.31. The molecule has 1 aliphatic rings. The molecule has 16 heavy (non-hydrogen) atoms. The summed E-state index contributed by atoms with van der Waals surface area (Å²) in [6.07, 6.45) is 2.00. The van der Waals surface area contributed by atoms with E-state index in [1.165, 1.54) is 12.2 Å². The van der Waals surface area contributed by atoms with Crippen molar-refractivity contribution in [3.05, 3.63) is 11.8 Å². The van der Waals surface area contributed by atoms with Crippen LogP contribution in [-0.2, 0) is 6.42 Å². The Morgan fingerprint density at radius 2 is 2.38 bits per heavy atom. The van der Waals surface area contributed by atoms with E-state index in [1.807, 2.05) is 11.8 Å². The Bertz CT molecular complexity index is 321. The van der Waals surface area contributed by atoms with Gasteiger partial charge in [0.2, 0.25) is 11.8 Å². The van der Waals surface area contributed by atoms with E-state index in [0.717, 1.165) is 30.5 Å². The van der Waals surface area contributed by atoms with E-state index in [0.29, 0.717) is 12.0 Å². The molecule has 0 aromatic carbocycles. The van der Waals surface area contributed by atoms with Crippen LogP contribution in [0.3, 0.4) is 0 Å². The second-order valence-corrected chi connectivity index (χ2v) is 5.60. The normalized spacial score (nSPS) is 20.8. The Hall–Kier alpha value is -0.550. The van der Waals surface area contributed by atoms with Crippen molar-refractivity contribution in [2.75, 3.05) is 18.1 Å². The second-order valence-electron chi connectivity index (χ2n) is 4.45. The maximum Gasteiger partial charge on any atom is 0.220 e. The topological polar surface area (TPSA) is 51.0 Å². The molecular formula is C11H19N3OS. The predicted molar refractivity (Wildman–Crippen MR) is 65.8 cm³/mol. The van der Waals surface area contributed by atoms with Crippen molar-refractivity contribution in [2.45, 2.75) is 38.6 Å². The van der Waals surface area contributed by atoms with Gasteiger partial charge >= 0.3 is 0 Å². The van der Waals surface area contributed by atoms with Crippen molar-refractivity contribution >= 4 is 11.8 Å². The molecule has 1 aromatic rings. The lowest BCUT2D eigenvalue weighted by Gasteiger charge is -2.05. The molecule has 1 aliphatic heterocycles. The number of nitrogens with zero attached hydrogens (tertiary/aromatic N) is 2. The fraction of sp³-hybridized carbons (Fsp3) is 0.818. The summed E-state index contributed by atoms with van der Waals surface area (Å²) >= 11 is 1.97. The molecule has 90 valence electrons. The average molecular weight is 241 g/mol. The van der Waals surface area contributed by atoms with Gasteiger partial charge in [-0.05, 0) is 12.2 Å². The summed E-state index contributed by atoms with van der Waals surface area (Å²) in [4.78, 5) is 0. The van der Waals surface area contributed by atoms with Gasteiger partial charge in [-0.3, -0.25) is 0 Å². The van der Waals surface area contributed by atoms with Crippen LogP contribution in [0.4, 0.5) is 0 Å². The summed E-state index contributed by atoms with van der Waals surface area (Å²) in [7, 11) is 0. The maximum absolute atomic E-state index is 5.67. The molecule has 0 radical (unpaired) electrons. The van der Waals surface area contributed by atoms with Crippen molar-refractivity contribution in [3.8, 4) is 0 Å². The molecule has 1 atom stereocenters. The van der Waals surface area contributed by atoms with Gasteiger partial charge in [0.05, 0.1) is 0 Å². The Labute approximate surface area is 101 Å². The summed E-state index contributed by atoms with van der Waals surface area (Å²) in [6.45, 7) is 5.17. The summed E-state index contributed by atoms with van der Waals surface area (Å²) in [6, 6.07) is 0.508. The number of aromatic nitrogens is 2. The lowest BCUT2D eigenvalue weighted by Crippen LogP contribution is -2.25. The number of hydrogen-bond donors (Lipinski definition) is 1. The number of nitrogens with one attached hydrogen (secondary N) is 1. The molecule has 0 bridgehead atoms. The van der Waals surface area contributed by atoms with E-state index in [1.54, 1.807) is 0 Å². The van der Waals surface area contributed by atoms with Crippen LogP contribution in [0.15, 0.2) is 4.42 Å². The Kier molecular flexibility index (Phi) is 4.23. The first kappa shape index (κ1) is 11.9. The Morgan fingerprint density at radius 3 is 3.06 bits per heavy atom. The third-order valence-electron chi connectivity index (χ3n) is 2.65. The first-order valence-electron chi connectivity index (χ1n) is 5.89. The van der Waals surface area contributed by atoms with Crippen molar-refractivity contribution in [3.63, 3.8) is 0 Å². The lowest BCUT2D eigenvalue weighted by molar-refractivity contribution is 0.419. The molecule has 1 saturated heterocycles. The molecule has 1 unspecified atom stereocenters. The molecule has 0 saturated carbocycles. The van der Waals surface area contributed by atoms with Gasteiger partial charge in [-0.1, -0.05) is 13.8 Å². The first-order valence-corrected chi connectivity index (χ1v) is 7.04. The highest BCUT2D eigenvalue weighted by atomic mass is 32.2. The van der Waals surface area contributed by atoms with E-state index < -0.39 is 0 Å². The highest BCUT2D eigenvalue weighted by Gasteiger charge is 2.22. The zero-order chi connectivity index (χ0) is 11.4. The quantitative estimate of drug-likeness (QED) is 0.852. The van der Waals surface area contributed by atoms with Crippen LogP contribution in [0.2, 0.25) is 0 Å². The molecule has 2 rings (SSSR count). The smallest absolute Gasteiger partial charge is 0.220 e. The van der Waals surface area contributed by atoms with Crippen LogP contribution in [-0.4, -0.2) is 34.3 Å². The molecule has 0 spiro atoms. The number of hydrogen-bond acceptors (Lipinski definition) is 5. The monoisotopic (exact) mass is 241 g/mol. The molecule has 2 heterocycles. The minimum Gasteiger partial charge on any atom is -0.425 e. The number of thioether (sulfide) groups is 1. The SMILES string of the molecule is CC(C)NCCc1nnc(C2CCSC2)o1. The van der Waals surface area contributed by atoms with Gasteiger partial charge in [0.15, 0.2) is 0 Å². The standard InChI is InChI=1S/C11H19N3OS/c1-8(2)12-5-3-10-13-14-11(15-10)9-4-6-16-7-9/h8-9,12H,3-7H2,1-2H3. The van der Waals surface area contributed by atoms with Gasteiger partial charge in [-0.2, -0.15) is 11.8 Å². The zero-order valence-electron chi connectivity index (χ0n) is 9.90. The van der Waals surface area contributed by atoms with Crippen molar-refractivity contribution < 1.29 is 4.42 Å². The van der Waals surface area contributed by atoms with Gasteiger partial charge in [-0.15, -0.1) is 10.2 Å². The molecular weight excluding hydrogens is 222 g/mol. The molecule has 1 N–H and O–H groups in total. The third-order valence-corrected chi connectivity index (χ3v) is 3.82. The largest absolute Gasteiger partial charge is 0.425 e. The van der Waals surface area contributed by atoms with E-state index in [4.69, 9.17) is 4.42 Å². The van der Waals surface area contributed by atoms with E-state index >= 15 is 0 Å². The minimum atomic E-state index is 0.490. The summed E-state index contributed by atoms with van der Waals surface area (Å²) < 4.78 is 5.67. The van der Waals surface area contributed by atoms with E-state index in [9.17, 15) is 0 Å². The second kappa shape index (κ2) is 5.68. The van der Waals surface area contributed by atoms with Crippen molar-refractivity contribution in [1.29, 1.82) is 0 Å². The summed E-state index contributed by atoms with van der Waals surface area (Å²) in [5, 5.41) is 11.6.